The van der Waals surface area contributed by atoms with Crippen LogP contribution in [0.3, 0.4) is 0 Å². The maximum Gasteiger partial charge on any atom is 0.261 e. The Kier molecular flexibility index (Phi) is 5.42. The Bertz CT molecular complexity index is 627. The summed E-state index contributed by atoms with van der Waals surface area (Å²) in [6.45, 7) is 4.51. The van der Waals surface area contributed by atoms with Crippen LogP contribution in [0.2, 0.25) is 0 Å². The average molecular weight is 326 g/mol. The molecule has 0 saturated carbocycles. The molecule has 0 atom stereocenters. The van der Waals surface area contributed by atoms with Gasteiger partial charge in [0.2, 0.25) is 0 Å². The monoisotopic (exact) mass is 326 g/mol. The topological polar surface area (TPSA) is 52.6 Å². The van der Waals surface area contributed by atoms with Crippen LogP contribution in [-0.4, -0.2) is 42.1 Å². The average Bonchev–Trinajstić information content (AvgIpc) is 2.60. The minimum Gasteiger partial charge on any atom is -0.372 e. The molecule has 0 aromatic heterocycles. The number of hydrogen-bond acceptors (Lipinski definition) is 3. The number of benzene rings is 2. The summed E-state index contributed by atoms with van der Waals surface area (Å²) in [5.41, 5.74) is -0.831. The largest absolute Gasteiger partial charge is 0.372 e. The fourth-order valence-electron chi connectivity index (χ4n) is 2.37. The first-order valence-electron chi connectivity index (χ1n) is 8.07. The Morgan fingerprint density at radius 2 is 1.38 bits per heavy atom. The van der Waals surface area contributed by atoms with Gasteiger partial charge in [0.1, 0.15) is 0 Å². The van der Waals surface area contributed by atoms with E-state index in [0.717, 1.165) is 0 Å². The van der Waals surface area contributed by atoms with Crippen molar-refractivity contribution in [3.8, 4) is 0 Å². The molecule has 0 spiro atoms. The van der Waals surface area contributed by atoms with Crippen molar-refractivity contribution < 1.29 is 9.90 Å². The van der Waals surface area contributed by atoms with E-state index in [-0.39, 0.29) is 5.54 Å². The number of amides is 1. The first kappa shape index (κ1) is 18.2. The molecule has 4 nitrogen and oxygen atoms in total. The smallest absolute Gasteiger partial charge is 0.261 e. The van der Waals surface area contributed by atoms with Crippen molar-refractivity contribution >= 4 is 5.91 Å². The van der Waals surface area contributed by atoms with Crippen molar-refractivity contribution in [2.45, 2.75) is 25.0 Å². The van der Waals surface area contributed by atoms with E-state index in [1.165, 1.54) is 0 Å². The molecule has 0 aliphatic carbocycles. The van der Waals surface area contributed by atoms with E-state index in [0.29, 0.717) is 17.7 Å². The highest BCUT2D eigenvalue weighted by Crippen LogP contribution is 2.30. The van der Waals surface area contributed by atoms with E-state index in [1.807, 2.05) is 69.2 Å². The van der Waals surface area contributed by atoms with Crippen LogP contribution in [0.4, 0.5) is 0 Å². The van der Waals surface area contributed by atoms with Crippen molar-refractivity contribution in [2.24, 2.45) is 0 Å². The summed E-state index contributed by atoms with van der Waals surface area (Å²) in [5, 5.41) is 14.2. The van der Waals surface area contributed by atoms with Gasteiger partial charge in [-0.2, -0.15) is 0 Å². The maximum absolute atomic E-state index is 13.0. The summed E-state index contributed by atoms with van der Waals surface area (Å²) in [5.74, 6) is -0.421. The number of aliphatic hydroxyl groups is 1. The zero-order valence-corrected chi connectivity index (χ0v) is 14.8. The highest BCUT2D eigenvalue weighted by molar-refractivity contribution is 5.90. The van der Waals surface area contributed by atoms with Crippen LogP contribution < -0.4 is 5.32 Å². The summed E-state index contributed by atoms with van der Waals surface area (Å²) in [4.78, 5) is 15.0. The third kappa shape index (κ3) is 3.66. The molecule has 24 heavy (non-hydrogen) atoms. The molecule has 0 aliphatic rings. The quantitative estimate of drug-likeness (QED) is 0.857. The summed E-state index contributed by atoms with van der Waals surface area (Å²) < 4.78 is 0. The molecule has 2 aromatic rings. The number of carbonyl (C=O) groups excluding carboxylic acids is 1. The molecule has 4 heteroatoms. The van der Waals surface area contributed by atoms with Crippen LogP contribution >= 0.6 is 0 Å². The lowest BCUT2D eigenvalue weighted by Gasteiger charge is -2.35. The van der Waals surface area contributed by atoms with Crippen molar-refractivity contribution in [1.82, 2.24) is 10.2 Å². The molecule has 128 valence electrons. The fraction of sp³-hybridized carbons (Fsp3) is 0.350. The summed E-state index contributed by atoms with van der Waals surface area (Å²) in [6, 6.07) is 18.1. The minimum absolute atomic E-state index is 0.218. The van der Waals surface area contributed by atoms with E-state index in [9.17, 15) is 9.90 Å². The molecule has 0 saturated heterocycles. The van der Waals surface area contributed by atoms with E-state index >= 15 is 0 Å². The lowest BCUT2D eigenvalue weighted by molar-refractivity contribution is -0.137. The van der Waals surface area contributed by atoms with Gasteiger partial charge in [0.15, 0.2) is 5.60 Å². The van der Waals surface area contributed by atoms with Gasteiger partial charge >= 0.3 is 0 Å². The Hall–Kier alpha value is -2.17. The van der Waals surface area contributed by atoms with Crippen LogP contribution in [0.1, 0.15) is 25.0 Å². The first-order valence-corrected chi connectivity index (χ1v) is 8.07. The SMILES string of the molecule is CN(C)C(C)(C)CNC(=O)C(O)(c1ccccc1)c1ccccc1. The number of hydrogen-bond donors (Lipinski definition) is 2. The van der Waals surface area contributed by atoms with Crippen molar-refractivity contribution in [1.29, 1.82) is 0 Å². The maximum atomic E-state index is 13.0. The normalized spacial score (nSPS) is 12.2. The Balaban J connectivity index is 2.36. The molecular formula is C20H26N2O2. The fourth-order valence-corrected chi connectivity index (χ4v) is 2.37. The Labute approximate surface area is 144 Å². The second-order valence-electron chi connectivity index (χ2n) is 6.83. The van der Waals surface area contributed by atoms with Crippen LogP contribution in [0, 0.1) is 0 Å². The van der Waals surface area contributed by atoms with E-state index in [2.05, 4.69) is 5.32 Å². The van der Waals surface area contributed by atoms with Crippen LogP contribution in [0.15, 0.2) is 60.7 Å². The standard InChI is InChI=1S/C20H26N2O2/c1-19(2,22(3)4)15-21-18(23)20(24,16-11-7-5-8-12-16)17-13-9-6-10-14-17/h5-14,24H,15H2,1-4H3,(H,21,23). The molecule has 0 heterocycles. The lowest BCUT2D eigenvalue weighted by atomic mass is 9.85. The summed E-state index contributed by atoms with van der Waals surface area (Å²) in [7, 11) is 3.93. The van der Waals surface area contributed by atoms with Gasteiger partial charge in [0.05, 0.1) is 0 Å². The zero-order chi connectivity index (χ0) is 17.8. The molecule has 0 aliphatic heterocycles. The molecule has 0 bridgehead atoms. The summed E-state index contributed by atoms with van der Waals surface area (Å²) >= 11 is 0. The van der Waals surface area contributed by atoms with Crippen molar-refractivity contribution in [3.05, 3.63) is 71.8 Å². The van der Waals surface area contributed by atoms with E-state index in [1.54, 1.807) is 24.3 Å². The van der Waals surface area contributed by atoms with Crippen LogP contribution in [-0.2, 0) is 10.4 Å². The van der Waals surface area contributed by atoms with Gasteiger partial charge in [0, 0.05) is 12.1 Å². The van der Waals surface area contributed by atoms with Crippen molar-refractivity contribution in [3.63, 3.8) is 0 Å². The first-order chi connectivity index (χ1) is 11.3. The van der Waals surface area contributed by atoms with E-state index < -0.39 is 11.5 Å². The highest BCUT2D eigenvalue weighted by atomic mass is 16.3. The third-order valence-electron chi connectivity index (χ3n) is 4.60. The second-order valence-corrected chi connectivity index (χ2v) is 6.83. The molecule has 2 rings (SSSR count). The van der Waals surface area contributed by atoms with Gasteiger partial charge in [-0.3, -0.25) is 4.79 Å². The van der Waals surface area contributed by atoms with Gasteiger partial charge in [-0.25, -0.2) is 0 Å². The van der Waals surface area contributed by atoms with Crippen LogP contribution in [0.25, 0.3) is 0 Å². The van der Waals surface area contributed by atoms with Gasteiger partial charge < -0.3 is 15.3 Å². The third-order valence-corrected chi connectivity index (χ3v) is 4.60. The lowest BCUT2D eigenvalue weighted by Crippen LogP contribution is -2.53. The number of nitrogens with one attached hydrogen (secondary N) is 1. The zero-order valence-electron chi connectivity index (χ0n) is 14.8. The van der Waals surface area contributed by atoms with E-state index in [4.69, 9.17) is 0 Å². The molecule has 2 aromatic carbocycles. The Morgan fingerprint density at radius 3 is 1.75 bits per heavy atom. The number of likely N-dealkylation sites (N-methyl/N-ethyl adjacent to an activating group) is 1. The van der Waals surface area contributed by atoms with Crippen molar-refractivity contribution in [2.75, 3.05) is 20.6 Å². The minimum atomic E-state index is -1.72. The number of nitrogens with zero attached hydrogens (tertiary/aromatic N) is 1. The van der Waals surface area contributed by atoms with Gasteiger partial charge in [-0.15, -0.1) is 0 Å². The Morgan fingerprint density at radius 1 is 0.958 bits per heavy atom. The van der Waals surface area contributed by atoms with Gasteiger partial charge in [0.25, 0.3) is 5.91 Å². The van der Waals surface area contributed by atoms with Crippen LogP contribution in [0.5, 0.6) is 0 Å². The summed E-state index contributed by atoms with van der Waals surface area (Å²) in [6.07, 6.45) is 0. The number of rotatable bonds is 6. The molecule has 0 unspecified atom stereocenters. The molecule has 0 fully saturated rings. The van der Waals surface area contributed by atoms with Gasteiger partial charge in [-0.05, 0) is 39.1 Å². The predicted molar refractivity (Wildman–Crippen MR) is 96.7 cm³/mol. The highest BCUT2D eigenvalue weighted by Gasteiger charge is 2.40. The molecule has 1 amide bonds. The number of carbonyl (C=O) groups is 1. The predicted octanol–water partition coefficient (Wildman–Crippen LogP) is 2.38. The second kappa shape index (κ2) is 7.16. The molecule has 0 radical (unpaired) electrons. The van der Waals surface area contributed by atoms with Gasteiger partial charge in [-0.1, -0.05) is 60.7 Å². The molecular weight excluding hydrogens is 300 g/mol. The molecule has 2 N–H and O–H groups in total.